The van der Waals surface area contributed by atoms with E-state index in [1.165, 1.54) is 5.56 Å². The van der Waals surface area contributed by atoms with Crippen LogP contribution in [-0.4, -0.2) is 55.2 Å². The van der Waals surface area contributed by atoms with Gasteiger partial charge in [-0.2, -0.15) is 0 Å². The molecule has 2 aromatic carbocycles. The summed E-state index contributed by atoms with van der Waals surface area (Å²) in [4.78, 5) is 16.7. The molecule has 2 N–H and O–H groups in total. The van der Waals surface area contributed by atoms with Gasteiger partial charge in [0.25, 0.3) is 0 Å². The number of nitrogens with zero attached hydrogens (tertiary/aromatic N) is 2. The number of carbonyl (C=O) groups excluding carboxylic acids is 1. The van der Waals surface area contributed by atoms with Gasteiger partial charge in [0.15, 0.2) is 0 Å². The summed E-state index contributed by atoms with van der Waals surface area (Å²) in [5.74, 6) is 0.753. The Hall–Kier alpha value is -2.53. The van der Waals surface area contributed by atoms with E-state index in [2.05, 4.69) is 34.2 Å². The fourth-order valence-electron chi connectivity index (χ4n) is 3.60. The third-order valence-electron chi connectivity index (χ3n) is 5.27. The lowest BCUT2D eigenvalue weighted by Crippen LogP contribution is -2.49. The van der Waals surface area contributed by atoms with Crippen molar-refractivity contribution in [2.75, 3.05) is 44.2 Å². The van der Waals surface area contributed by atoms with Gasteiger partial charge in [-0.15, -0.1) is 0 Å². The number of hydrogen-bond donors (Lipinski definition) is 2. The van der Waals surface area contributed by atoms with Crippen molar-refractivity contribution in [1.29, 1.82) is 0 Å². The zero-order valence-corrected chi connectivity index (χ0v) is 16.0. The molecular formula is C22H29N3O2. The number of rotatable bonds is 7. The average molecular weight is 367 g/mol. The molecule has 2 aromatic rings. The van der Waals surface area contributed by atoms with Gasteiger partial charge in [0.05, 0.1) is 12.2 Å². The molecule has 0 unspecified atom stereocenters. The van der Waals surface area contributed by atoms with Crippen LogP contribution in [0.2, 0.25) is 0 Å². The van der Waals surface area contributed by atoms with Gasteiger partial charge in [0, 0.05) is 38.6 Å². The molecule has 0 aromatic heterocycles. The molecule has 0 radical (unpaired) electrons. The molecule has 0 aliphatic carbocycles. The average Bonchev–Trinajstić information content (AvgIpc) is 2.70. The van der Waals surface area contributed by atoms with Crippen molar-refractivity contribution in [1.82, 2.24) is 10.2 Å². The van der Waals surface area contributed by atoms with E-state index < -0.39 is 0 Å². The van der Waals surface area contributed by atoms with Crippen LogP contribution < -0.4 is 10.2 Å². The first-order chi connectivity index (χ1) is 13.2. The van der Waals surface area contributed by atoms with Gasteiger partial charge in [-0.05, 0) is 24.1 Å². The number of phenols is 1. The van der Waals surface area contributed by atoms with E-state index >= 15 is 0 Å². The maximum absolute atomic E-state index is 12.4. The first-order valence-electron chi connectivity index (χ1n) is 9.74. The molecule has 1 aliphatic heterocycles. The molecule has 144 valence electrons. The van der Waals surface area contributed by atoms with E-state index in [4.69, 9.17) is 0 Å². The van der Waals surface area contributed by atoms with Crippen molar-refractivity contribution in [2.24, 2.45) is 0 Å². The predicted molar refractivity (Wildman–Crippen MR) is 109 cm³/mol. The molecule has 3 rings (SSSR count). The highest BCUT2D eigenvalue weighted by atomic mass is 16.3. The predicted octanol–water partition coefficient (Wildman–Crippen LogP) is 2.82. The lowest BCUT2D eigenvalue weighted by Gasteiger charge is -2.36. The molecule has 1 fully saturated rings. The largest absolute Gasteiger partial charge is 0.506 e. The molecule has 0 bridgehead atoms. The Balaban J connectivity index is 1.43. The minimum Gasteiger partial charge on any atom is -0.506 e. The molecule has 5 nitrogen and oxygen atoms in total. The zero-order chi connectivity index (χ0) is 19.1. The third-order valence-corrected chi connectivity index (χ3v) is 5.27. The smallest absolute Gasteiger partial charge is 0.234 e. The second-order valence-corrected chi connectivity index (χ2v) is 7.07. The topological polar surface area (TPSA) is 55.8 Å². The van der Waals surface area contributed by atoms with Crippen LogP contribution in [0.3, 0.4) is 0 Å². The molecule has 1 amide bonds. The lowest BCUT2D eigenvalue weighted by atomic mass is 9.96. The van der Waals surface area contributed by atoms with E-state index in [9.17, 15) is 9.90 Å². The number of phenolic OH excluding ortho intramolecular Hbond substituents is 1. The Morgan fingerprint density at radius 1 is 1.04 bits per heavy atom. The number of nitrogens with one attached hydrogen (secondary N) is 1. The normalized spacial score (nSPS) is 16.1. The Bertz CT molecular complexity index is 727. The van der Waals surface area contributed by atoms with Crippen LogP contribution in [0.5, 0.6) is 5.75 Å². The second-order valence-electron chi connectivity index (χ2n) is 7.07. The quantitative estimate of drug-likeness (QED) is 0.790. The van der Waals surface area contributed by atoms with Gasteiger partial charge in [0.1, 0.15) is 5.75 Å². The van der Waals surface area contributed by atoms with Crippen LogP contribution in [0.1, 0.15) is 24.8 Å². The highest BCUT2D eigenvalue weighted by Crippen LogP contribution is 2.27. The van der Waals surface area contributed by atoms with Crippen LogP contribution in [0.15, 0.2) is 54.6 Å². The van der Waals surface area contributed by atoms with Crippen LogP contribution in [0.25, 0.3) is 0 Å². The van der Waals surface area contributed by atoms with Crippen LogP contribution in [0.4, 0.5) is 5.69 Å². The summed E-state index contributed by atoms with van der Waals surface area (Å²) in [5, 5.41) is 13.1. The molecule has 1 atom stereocenters. The lowest BCUT2D eigenvalue weighted by molar-refractivity contribution is -0.122. The minimum absolute atomic E-state index is 0.0837. The molecule has 27 heavy (non-hydrogen) atoms. The van der Waals surface area contributed by atoms with E-state index in [0.717, 1.165) is 38.3 Å². The summed E-state index contributed by atoms with van der Waals surface area (Å²) in [7, 11) is 0. The van der Waals surface area contributed by atoms with Gasteiger partial charge < -0.3 is 15.3 Å². The van der Waals surface area contributed by atoms with Crippen LogP contribution in [-0.2, 0) is 4.79 Å². The molecule has 1 saturated heterocycles. The van der Waals surface area contributed by atoms with Gasteiger partial charge in [-0.25, -0.2) is 0 Å². The highest BCUT2D eigenvalue weighted by Gasteiger charge is 2.21. The van der Waals surface area contributed by atoms with Gasteiger partial charge >= 0.3 is 0 Å². The van der Waals surface area contributed by atoms with Crippen molar-refractivity contribution in [3.05, 3.63) is 60.2 Å². The minimum atomic E-state index is 0.0837. The van der Waals surface area contributed by atoms with Crippen LogP contribution >= 0.6 is 0 Å². The number of anilines is 1. The summed E-state index contributed by atoms with van der Waals surface area (Å²) >= 11 is 0. The molecule has 0 saturated carbocycles. The van der Waals surface area contributed by atoms with Gasteiger partial charge in [-0.1, -0.05) is 49.4 Å². The van der Waals surface area contributed by atoms with Crippen molar-refractivity contribution < 1.29 is 9.90 Å². The summed E-state index contributed by atoms with van der Waals surface area (Å²) in [6.07, 6.45) is 1.00. The number of benzene rings is 2. The zero-order valence-electron chi connectivity index (χ0n) is 16.0. The maximum atomic E-state index is 12.4. The van der Waals surface area contributed by atoms with E-state index in [-0.39, 0.29) is 5.91 Å². The van der Waals surface area contributed by atoms with Gasteiger partial charge in [-0.3, -0.25) is 9.69 Å². The fourth-order valence-corrected chi connectivity index (χ4v) is 3.60. The SMILES string of the molecule is CC[C@H](CNC(=O)CN1CCN(c2ccccc2O)CC1)c1ccccc1. The molecule has 5 heteroatoms. The van der Waals surface area contributed by atoms with E-state index in [0.29, 0.717) is 24.8 Å². The number of aromatic hydroxyl groups is 1. The standard InChI is InChI=1S/C22H29N3O2/c1-2-18(19-8-4-3-5-9-19)16-23-22(27)17-24-12-14-25(15-13-24)20-10-6-7-11-21(20)26/h3-11,18,26H,2,12-17H2,1H3,(H,23,27)/t18-/m1/s1. The molecule has 0 spiro atoms. The fraction of sp³-hybridized carbons (Fsp3) is 0.409. The maximum Gasteiger partial charge on any atom is 0.234 e. The summed E-state index contributed by atoms with van der Waals surface area (Å²) in [5.41, 5.74) is 2.15. The number of amides is 1. The highest BCUT2D eigenvalue weighted by molar-refractivity contribution is 5.78. The molecular weight excluding hydrogens is 338 g/mol. The second kappa shape index (κ2) is 9.42. The van der Waals surface area contributed by atoms with Crippen molar-refractivity contribution >= 4 is 11.6 Å². The van der Waals surface area contributed by atoms with Crippen LogP contribution in [0, 0.1) is 0 Å². The van der Waals surface area contributed by atoms with E-state index in [1.807, 2.05) is 36.4 Å². The number of para-hydroxylation sites is 2. The first-order valence-corrected chi connectivity index (χ1v) is 9.74. The van der Waals surface area contributed by atoms with Crippen molar-refractivity contribution in [3.8, 4) is 5.75 Å². The Morgan fingerprint density at radius 3 is 2.37 bits per heavy atom. The first kappa shape index (κ1) is 19.2. The number of piperazine rings is 1. The summed E-state index contributed by atoms with van der Waals surface area (Å²) in [6, 6.07) is 17.8. The third kappa shape index (κ3) is 5.23. The Kier molecular flexibility index (Phi) is 6.71. The monoisotopic (exact) mass is 367 g/mol. The number of hydrogen-bond acceptors (Lipinski definition) is 4. The van der Waals surface area contributed by atoms with Gasteiger partial charge in [0.2, 0.25) is 5.91 Å². The summed E-state index contributed by atoms with van der Waals surface area (Å²) in [6.45, 7) is 6.52. The van der Waals surface area contributed by atoms with E-state index in [1.54, 1.807) is 6.07 Å². The molecule has 1 aliphatic rings. The number of carbonyl (C=O) groups is 1. The van der Waals surface area contributed by atoms with Crippen molar-refractivity contribution in [3.63, 3.8) is 0 Å². The summed E-state index contributed by atoms with van der Waals surface area (Å²) < 4.78 is 0. The molecule has 1 heterocycles. The Morgan fingerprint density at radius 2 is 1.70 bits per heavy atom. The van der Waals surface area contributed by atoms with Crippen molar-refractivity contribution in [2.45, 2.75) is 19.3 Å². The Labute approximate surface area is 161 Å².